The van der Waals surface area contributed by atoms with Gasteiger partial charge in [-0.05, 0) is 88.9 Å². The van der Waals surface area contributed by atoms with E-state index in [1.807, 2.05) is 0 Å². The smallest absolute Gasteiger partial charge is 0.330 e. The van der Waals surface area contributed by atoms with Crippen LogP contribution >= 0.6 is 0 Å². The highest BCUT2D eigenvalue weighted by Gasteiger charge is 2.58. The molecule has 4 saturated heterocycles. The molecule has 0 aromatic rings. The first-order valence-corrected chi connectivity index (χ1v) is 27.1. The normalized spacial score (nSPS) is 48.6. The maximum absolute atomic E-state index is 13.0. The van der Waals surface area contributed by atoms with Crippen molar-refractivity contribution in [2.45, 2.75) is 237 Å². The summed E-state index contributed by atoms with van der Waals surface area (Å²) in [7, 11) is 0. The number of esters is 2. The van der Waals surface area contributed by atoms with Gasteiger partial charge in [-0.1, -0.05) is 12.2 Å². The van der Waals surface area contributed by atoms with Gasteiger partial charge in [-0.15, -0.1) is 0 Å². The van der Waals surface area contributed by atoms with Crippen LogP contribution in [0.2, 0.25) is 0 Å². The van der Waals surface area contributed by atoms with E-state index in [-0.39, 0.29) is 43.9 Å². The Kier molecular flexibility index (Phi) is 21.1. The molecule has 0 bridgehead atoms. The fourth-order valence-corrected chi connectivity index (χ4v) is 12.2. The Hall–Kier alpha value is -2.42. The quantitative estimate of drug-likeness (QED) is 0.0393. The van der Waals surface area contributed by atoms with Gasteiger partial charge in [-0.25, -0.2) is 9.59 Å². The first-order chi connectivity index (χ1) is 36.3. The van der Waals surface area contributed by atoms with Crippen LogP contribution in [0.25, 0.3) is 0 Å². The second-order valence-corrected chi connectivity index (χ2v) is 22.2. The molecule has 25 heteroatoms. The predicted octanol–water partition coefficient (Wildman–Crippen LogP) is -4.54. The van der Waals surface area contributed by atoms with Gasteiger partial charge in [0.2, 0.25) is 0 Å². The third-order valence-electron chi connectivity index (χ3n) is 16.9. The third-order valence-corrected chi connectivity index (χ3v) is 16.9. The lowest BCUT2D eigenvalue weighted by Crippen LogP contribution is -2.66. The zero-order chi connectivity index (χ0) is 54.5. The van der Waals surface area contributed by atoms with E-state index in [1.165, 1.54) is 12.2 Å². The fraction of sp³-hybridized carbons (Fsp3) is 0.882. The maximum Gasteiger partial charge on any atom is 0.330 e. The van der Waals surface area contributed by atoms with E-state index in [1.54, 1.807) is 12.2 Å². The van der Waals surface area contributed by atoms with Gasteiger partial charge in [-0.2, -0.15) is 0 Å². The van der Waals surface area contributed by atoms with Crippen molar-refractivity contribution in [2.24, 2.45) is 23.7 Å². The summed E-state index contributed by atoms with van der Waals surface area (Å²) in [6.45, 7) is -1.99. The summed E-state index contributed by atoms with van der Waals surface area (Å²) in [6.07, 6.45) is -22.3. The van der Waals surface area contributed by atoms with E-state index in [0.717, 1.165) is 0 Å². The monoisotopic (exact) mass is 1090 g/mol. The lowest BCUT2D eigenvalue weighted by Gasteiger charge is -2.50. The molecule has 4 heterocycles. The SMILES string of the molecule is O=C(C=CC1CCC(O)CC1)OCC1OC(OC2C(OC3CC4C(OC5OC(CO)C(O)C(O)C5O)CC(O)CC4[OH+]C3C3CCC(O)C(O)C3)OC(COC(=O)C=CC3CCC(O)CC3)C(O)C2O)C(O)C(O)C1O. The molecule has 0 aromatic carbocycles. The molecule has 8 aliphatic rings. The zero-order valence-corrected chi connectivity index (χ0v) is 42.3. The second kappa shape index (κ2) is 26.9. The number of allylic oxidation sites excluding steroid dienone is 2. The van der Waals surface area contributed by atoms with E-state index < -0.39 is 191 Å². The average molecular weight is 1090 g/mol. The molecule has 4 saturated carbocycles. The van der Waals surface area contributed by atoms with Crippen molar-refractivity contribution in [2.75, 3.05) is 19.8 Å². The third kappa shape index (κ3) is 14.5. The summed E-state index contributed by atoms with van der Waals surface area (Å²) in [5.74, 6) is -2.66. The van der Waals surface area contributed by atoms with Crippen molar-refractivity contribution in [1.29, 1.82) is 0 Å². The number of carbonyl (C=O) groups is 2. The molecule has 24 atom stereocenters. The van der Waals surface area contributed by atoms with Crippen LogP contribution < -0.4 is 0 Å². The molecule has 76 heavy (non-hydrogen) atoms. The van der Waals surface area contributed by atoms with E-state index >= 15 is 0 Å². The Balaban J connectivity index is 1.04. The minimum atomic E-state index is -2.02. The van der Waals surface area contributed by atoms with Crippen molar-refractivity contribution in [3.05, 3.63) is 24.3 Å². The average Bonchev–Trinajstić information content (AvgIpc) is 3.41. The molecule has 4 aliphatic carbocycles. The van der Waals surface area contributed by atoms with Gasteiger partial charge in [0, 0.05) is 30.9 Å². The maximum atomic E-state index is 13.0. The Morgan fingerprint density at radius 2 is 0.974 bits per heavy atom. The number of fused-ring (bicyclic) bond motifs is 1. The number of aliphatic hydroxyl groups excluding tert-OH is 14. The molecular weight excluding hydrogens is 1010 g/mol. The molecule has 0 spiro atoms. The van der Waals surface area contributed by atoms with Crippen LogP contribution in [0.5, 0.6) is 0 Å². The van der Waals surface area contributed by atoms with Crippen LogP contribution in [0, 0.1) is 23.7 Å². The summed E-state index contributed by atoms with van der Waals surface area (Å²) in [4.78, 5) is 25.8. The highest BCUT2D eigenvalue weighted by Crippen LogP contribution is 2.44. The van der Waals surface area contributed by atoms with Gasteiger partial charge in [0.25, 0.3) is 0 Å². The number of carbonyl (C=O) groups excluding carboxylic acids is 2. The van der Waals surface area contributed by atoms with E-state index in [4.69, 9.17) is 42.6 Å². The molecule has 8 fully saturated rings. The van der Waals surface area contributed by atoms with Crippen LogP contribution in [-0.4, -0.2) is 255 Å². The molecule has 0 radical (unpaired) electrons. The van der Waals surface area contributed by atoms with Gasteiger partial charge in [0.05, 0.1) is 49.1 Å². The van der Waals surface area contributed by atoms with Crippen molar-refractivity contribution in [1.82, 2.24) is 0 Å². The van der Waals surface area contributed by atoms with Crippen LogP contribution in [0.4, 0.5) is 0 Å². The van der Waals surface area contributed by atoms with E-state index in [2.05, 4.69) is 0 Å². The largest absolute Gasteiger partial charge is 0.460 e. The van der Waals surface area contributed by atoms with Gasteiger partial charge >= 0.3 is 11.9 Å². The van der Waals surface area contributed by atoms with Crippen molar-refractivity contribution >= 4 is 11.9 Å². The molecular formula is C51H81O25+. The van der Waals surface area contributed by atoms with Crippen LogP contribution in [0.1, 0.15) is 89.9 Å². The number of ether oxygens (including phenoxy) is 9. The number of hydrogen-bond acceptors (Lipinski definition) is 24. The van der Waals surface area contributed by atoms with Gasteiger partial charge in [0.15, 0.2) is 31.1 Å². The highest BCUT2D eigenvalue weighted by atomic mass is 16.8. The topological polar surface area (TPSA) is 404 Å². The Bertz CT molecular complexity index is 1900. The molecule has 0 amide bonds. The summed E-state index contributed by atoms with van der Waals surface area (Å²) < 4.78 is 53.2. The molecule has 8 rings (SSSR count). The first-order valence-electron chi connectivity index (χ1n) is 27.1. The molecule has 434 valence electrons. The second-order valence-electron chi connectivity index (χ2n) is 22.2. The molecule has 24 unspecified atom stereocenters. The summed E-state index contributed by atoms with van der Waals surface area (Å²) in [5.41, 5.74) is 0. The Morgan fingerprint density at radius 1 is 0.474 bits per heavy atom. The Morgan fingerprint density at radius 3 is 1.53 bits per heavy atom. The molecule has 4 aliphatic heterocycles. The number of aliphatic hydroxyl groups is 16. The molecule has 15 N–H and O–H groups in total. The van der Waals surface area contributed by atoms with Gasteiger partial charge < -0.3 is 114 Å². The predicted molar refractivity (Wildman–Crippen MR) is 254 cm³/mol. The lowest BCUT2D eigenvalue weighted by atomic mass is 9.72. The first kappa shape index (κ1) is 59.7. The minimum absolute atomic E-state index is 0.0184. The summed E-state index contributed by atoms with van der Waals surface area (Å²) in [6, 6.07) is 0. The van der Waals surface area contributed by atoms with Crippen LogP contribution in [0.15, 0.2) is 24.3 Å². The van der Waals surface area contributed by atoms with Crippen molar-refractivity contribution < 1.29 is 124 Å². The highest BCUT2D eigenvalue weighted by molar-refractivity contribution is 5.82. The van der Waals surface area contributed by atoms with E-state index in [0.29, 0.717) is 57.8 Å². The lowest BCUT2D eigenvalue weighted by molar-refractivity contribution is -0.390. The number of hydrogen-bond donors (Lipinski definition) is 14. The van der Waals surface area contributed by atoms with Crippen molar-refractivity contribution in [3.63, 3.8) is 0 Å². The van der Waals surface area contributed by atoms with Crippen LogP contribution in [0.3, 0.4) is 0 Å². The summed E-state index contributed by atoms with van der Waals surface area (Å²) in [5, 5.41) is 151. The standard InChI is InChI=1S/C51H80O25/c52-19-34-39(60)42(63)45(66)49(73-34)71-32-17-27(55)16-31-28(32)18-33(47(70-31)24-7-12-29(56)30(57)15-24)72-51-48(44(65)41(62)36(75-51)21-69-38(59)14-6-23-3-10-26(54)11-4-23)76-50-46(67)43(64)40(61)35(74-50)20-68-37(58)13-5-22-1-8-25(53)9-2-22/h5-6,13-14,22-36,39-57,60-67H,1-4,7-12,15-21H2/p+1. The van der Waals surface area contributed by atoms with Crippen molar-refractivity contribution in [3.8, 4) is 0 Å². The molecule has 25 nitrogen and oxygen atoms in total. The zero-order valence-electron chi connectivity index (χ0n) is 42.3. The van der Waals surface area contributed by atoms with Gasteiger partial charge in [0.1, 0.15) is 92.6 Å². The van der Waals surface area contributed by atoms with E-state index in [9.17, 15) is 81.1 Å². The Labute approximate surface area is 439 Å². The van der Waals surface area contributed by atoms with Gasteiger partial charge in [-0.3, -0.25) is 0 Å². The summed E-state index contributed by atoms with van der Waals surface area (Å²) >= 11 is 0. The number of rotatable bonds is 16. The molecule has 0 aromatic heterocycles. The minimum Gasteiger partial charge on any atom is -0.460 e. The fourth-order valence-electron chi connectivity index (χ4n) is 12.2. The van der Waals surface area contributed by atoms with Crippen LogP contribution in [-0.2, 0) is 47.5 Å².